The molecule has 0 spiro atoms. The molecule has 0 saturated heterocycles. The SMILES string of the molecule is Cc1cc(C(=O)NCc2ccc(COCC(F)(F)F)cc2)nc(NC(=O)C2CC2)n1. The summed E-state index contributed by atoms with van der Waals surface area (Å²) in [7, 11) is 0. The molecule has 30 heavy (non-hydrogen) atoms. The first kappa shape index (κ1) is 21.7. The maximum Gasteiger partial charge on any atom is 0.411 e. The molecule has 0 unspecified atom stereocenters. The van der Waals surface area contributed by atoms with E-state index in [1.807, 2.05) is 0 Å². The molecule has 160 valence electrons. The number of nitrogens with one attached hydrogen (secondary N) is 2. The smallest absolute Gasteiger partial charge is 0.367 e. The van der Waals surface area contributed by atoms with Gasteiger partial charge in [0.25, 0.3) is 5.91 Å². The number of carbonyl (C=O) groups excluding carboxylic acids is 2. The van der Waals surface area contributed by atoms with E-state index in [0.29, 0.717) is 11.3 Å². The van der Waals surface area contributed by atoms with E-state index in [2.05, 4.69) is 25.3 Å². The molecule has 1 saturated carbocycles. The normalized spacial score (nSPS) is 13.7. The standard InChI is InChI=1S/C20H21F3N4O3/c1-12-8-16(26-19(25-12)27-17(28)15-6-7-15)18(29)24-9-13-2-4-14(5-3-13)10-30-11-20(21,22)23/h2-5,8,15H,6-7,9-11H2,1H3,(H,24,29)(H,25,26,27,28). The highest BCUT2D eigenvalue weighted by atomic mass is 19.4. The maximum absolute atomic E-state index is 12.4. The number of aryl methyl sites for hydroxylation is 1. The Labute approximate surface area is 171 Å². The lowest BCUT2D eigenvalue weighted by molar-refractivity contribution is -0.176. The van der Waals surface area contributed by atoms with Gasteiger partial charge in [-0.05, 0) is 37.0 Å². The Morgan fingerprint density at radius 1 is 1.13 bits per heavy atom. The van der Waals surface area contributed by atoms with Crippen LogP contribution in [0.25, 0.3) is 0 Å². The van der Waals surface area contributed by atoms with Crippen molar-refractivity contribution in [1.29, 1.82) is 0 Å². The lowest BCUT2D eigenvalue weighted by atomic mass is 10.1. The molecule has 1 heterocycles. The number of anilines is 1. The first-order valence-corrected chi connectivity index (χ1v) is 9.37. The van der Waals surface area contributed by atoms with Crippen molar-refractivity contribution in [3.8, 4) is 0 Å². The predicted molar refractivity (Wildman–Crippen MR) is 101 cm³/mol. The van der Waals surface area contributed by atoms with Gasteiger partial charge in [-0.2, -0.15) is 13.2 Å². The summed E-state index contributed by atoms with van der Waals surface area (Å²) in [6.45, 7) is 0.453. The third-order valence-corrected chi connectivity index (χ3v) is 4.28. The number of aromatic nitrogens is 2. The fraction of sp³-hybridized carbons (Fsp3) is 0.400. The number of nitrogens with zero attached hydrogens (tertiary/aromatic N) is 2. The van der Waals surface area contributed by atoms with E-state index in [1.165, 1.54) is 6.07 Å². The van der Waals surface area contributed by atoms with Crippen molar-refractivity contribution in [2.75, 3.05) is 11.9 Å². The Balaban J connectivity index is 1.52. The molecular weight excluding hydrogens is 401 g/mol. The molecule has 1 aromatic heterocycles. The summed E-state index contributed by atoms with van der Waals surface area (Å²) in [5.74, 6) is -0.486. The molecule has 0 aliphatic heterocycles. The highest BCUT2D eigenvalue weighted by Gasteiger charge is 2.30. The van der Waals surface area contributed by atoms with Crippen LogP contribution in [-0.2, 0) is 22.7 Å². The topological polar surface area (TPSA) is 93.2 Å². The summed E-state index contributed by atoms with van der Waals surface area (Å²) < 4.78 is 40.9. The molecule has 0 radical (unpaired) electrons. The number of halogens is 3. The van der Waals surface area contributed by atoms with E-state index < -0.39 is 18.7 Å². The van der Waals surface area contributed by atoms with Crippen LogP contribution in [0.1, 0.15) is 40.2 Å². The van der Waals surface area contributed by atoms with Crippen molar-refractivity contribution in [2.24, 2.45) is 5.92 Å². The number of alkyl halides is 3. The number of hydrogen-bond donors (Lipinski definition) is 2. The van der Waals surface area contributed by atoms with E-state index in [4.69, 9.17) is 0 Å². The van der Waals surface area contributed by atoms with Gasteiger partial charge < -0.3 is 10.1 Å². The number of carbonyl (C=O) groups is 2. The summed E-state index contributed by atoms with van der Waals surface area (Å²) in [5.41, 5.74) is 2.03. The molecule has 2 amide bonds. The van der Waals surface area contributed by atoms with Crippen LogP contribution in [0.4, 0.5) is 19.1 Å². The van der Waals surface area contributed by atoms with E-state index in [0.717, 1.165) is 18.4 Å². The largest absolute Gasteiger partial charge is 0.411 e. The number of hydrogen-bond acceptors (Lipinski definition) is 5. The molecule has 1 aromatic carbocycles. The van der Waals surface area contributed by atoms with Gasteiger partial charge in [0.05, 0.1) is 6.61 Å². The van der Waals surface area contributed by atoms with Crippen LogP contribution in [-0.4, -0.2) is 34.6 Å². The number of ether oxygens (including phenoxy) is 1. The van der Waals surface area contributed by atoms with Crippen molar-refractivity contribution in [3.63, 3.8) is 0 Å². The summed E-state index contributed by atoms with van der Waals surface area (Å²) in [6.07, 6.45) is -2.67. The van der Waals surface area contributed by atoms with Gasteiger partial charge in [-0.15, -0.1) is 0 Å². The zero-order chi connectivity index (χ0) is 21.7. The van der Waals surface area contributed by atoms with E-state index >= 15 is 0 Å². The molecule has 2 N–H and O–H groups in total. The van der Waals surface area contributed by atoms with Crippen LogP contribution in [0.3, 0.4) is 0 Å². The minimum Gasteiger partial charge on any atom is -0.367 e. The molecule has 10 heteroatoms. The van der Waals surface area contributed by atoms with Gasteiger partial charge in [0.2, 0.25) is 11.9 Å². The minimum atomic E-state index is -4.36. The van der Waals surface area contributed by atoms with Crippen molar-refractivity contribution in [3.05, 3.63) is 52.8 Å². The summed E-state index contributed by atoms with van der Waals surface area (Å²) in [4.78, 5) is 32.5. The Bertz CT molecular complexity index is 913. The number of benzene rings is 1. The average molecular weight is 422 g/mol. The molecular formula is C20H21F3N4O3. The predicted octanol–water partition coefficient (Wildman–Crippen LogP) is 3.14. The van der Waals surface area contributed by atoms with Gasteiger partial charge in [-0.25, -0.2) is 9.97 Å². The van der Waals surface area contributed by atoms with Gasteiger partial charge in [0.1, 0.15) is 12.3 Å². The van der Waals surface area contributed by atoms with Gasteiger partial charge >= 0.3 is 6.18 Å². The second kappa shape index (κ2) is 9.21. The van der Waals surface area contributed by atoms with Crippen LogP contribution in [0.2, 0.25) is 0 Å². The Hall–Kier alpha value is -3.01. The van der Waals surface area contributed by atoms with Crippen LogP contribution in [0, 0.1) is 12.8 Å². The first-order valence-electron chi connectivity index (χ1n) is 9.37. The number of rotatable bonds is 8. The second-order valence-corrected chi connectivity index (χ2v) is 7.09. The zero-order valence-corrected chi connectivity index (χ0v) is 16.3. The molecule has 0 bridgehead atoms. The highest BCUT2D eigenvalue weighted by Crippen LogP contribution is 2.29. The Kier molecular flexibility index (Phi) is 6.66. The highest BCUT2D eigenvalue weighted by molar-refractivity contribution is 5.95. The van der Waals surface area contributed by atoms with Crippen LogP contribution >= 0.6 is 0 Å². The van der Waals surface area contributed by atoms with Crippen molar-refractivity contribution >= 4 is 17.8 Å². The molecule has 3 rings (SSSR count). The molecule has 1 aliphatic rings. The Morgan fingerprint density at radius 3 is 2.43 bits per heavy atom. The minimum absolute atomic E-state index is 0.00628. The lowest BCUT2D eigenvalue weighted by Crippen LogP contribution is -2.25. The summed E-state index contributed by atoms with van der Waals surface area (Å²) >= 11 is 0. The quantitative estimate of drug-likeness (QED) is 0.682. The molecule has 1 fully saturated rings. The summed E-state index contributed by atoms with van der Waals surface area (Å²) in [6, 6.07) is 8.18. The van der Waals surface area contributed by atoms with Gasteiger partial charge in [0.15, 0.2) is 0 Å². The van der Waals surface area contributed by atoms with Crippen LogP contribution in [0.5, 0.6) is 0 Å². The van der Waals surface area contributed by atoms with Crippen molar-refractivity contribution in [2.45, 2.75) is 39.1 Å². The third-order valence-electron chi connectivity index (χ3n) is 4.28. The van der Waals surface area contributed by atoms with E-state index in [1.54, 1.807) is 31.2 Å². The summed E-state index contributed by atoms with van der Waals surface area (Å²) in [5, 5.41) is 5.34. The van der Waals surface area contributed by atoms with E-state index in [9.17, 15) is 22.8 Å². The second-order valence-electron chi connectivity index (χ2n) is 7.09. The fourth-order valence-electron chi connectivity index (χ4n) is 2.61. The molecule has 7 nitrogen and oxygen atoms in total. The van der Waals surface area contributed by atoms with Gasteiger partial charge in [-0.1, -0.05) is 24.3 Å². The molecule has 1 aliphatic carbocycles. The van der Waals surface area contributed by atoms with Crippen LogP contribution < -0.4 is 10.6 Å². The number of amides is 2. The molecule has 0 atom stereocenters. The maximum atomic E-state index is 12.4. The fourth-order valence-corrected chi connectivity index (χ4v) is 2.61. The van der Waals surface area contributed by atoms with Crippen LogP contribution in [0.15, 0.2) is 30.3 Å². The van der Waals surface area contributed by atoms with Crippen molar-refractivity contribution < 1.29 is 27.5 Å². The Morgan fingerprint density at radius 2 is 1.80 bits per heavy atom. The molecule has 2 aromatic rings. The lowest BCUT2D eigenvalue weighted by Gasteiger charge is -2.09. The van der Waals surface area contributed by atoms with Crippen molar-refractivity contribution in [1.82, 2.24) is 15.3 Å². The van der Waals surface area contributed by atoms with Gasteiger partial charge in [0, 0.05) is 18.2 Å². The average Bonchev–Trinajstić information content (AvgIpc) is 3.51. The van der Waals surface area contributed by atoms with Gasteiger partial charge in [-0.3, -0.25) is 14.9 Å². The first-order chi connectivity index (χ1) is 14.2. The van der Waals surface area contributed by atoms with E-state index in [-0.39, 0.29) is 36.6 Å². The monoisotopic (exact) mass is 422 g/mol. The zero-order valence-electron chi connectivity index (χ0n) is 16.3. The third kappa shape index (κ3) is 6.80.